The van der Waals surface area contributed by atoms with Crippen LogP contribution in [0.3, 0.4) is 0 Å². The van der Waals surface area contributed by atoms with Crippen LogP contribution in [-0.2, 0) is 19.1 Å². The summed E-state index contributed by atoms with van der Waals surface area (Å²) >= 11 is 0. The summed E-state index contributed by atoms with van der Waals surface area (Å²) in [4.78, 5) is 44.0. The second kappa shape index (κ2) is 9.39. The van der Waals surface area contributed by atoms with Gasteiger partial charge in [-0.05, 0) is 31.2 Å². The first-order valence-corrected chi connectivity index (χ1v) is 12.7. The van der Waals surface area contributed by atoms with Crippen LogP contribution in [0.5, 0.6) is 0 Å². The summed E-state index contributed by atoms with van der Waals surface area (Å²) in [5.41, 5.74) is -0.495. The Morgan fingerprint density at radius 2 is 1.91 bits per heavy atom. The molecule has 2 bridgehead atoms. The number of rotatable bonds is 8. The van der Waals surface area contributed by atoms with Gasteiger partial charge in [0.15, 0.2) is 0 Å². The highest BCUT2D eigenvalue weighted by Gasteiger charge is 2.75. The molecule has 35 heavy (non-hydrogen) atoms. The van der Waals surface area contributed by atoms with Crippen molar-refractivity contribution in [1.82, 2.24) is 9.80 Å². The predicted molar refractivity (Wildman–Crippen MR) is 127 cm³/mol. The van der Waals surface area contributed by atoms with Crippen LogP contribution in [-0.4, -0.2) is 74.7 Å². The van der Waals surface area contributed by atoms with E-state index in [-0.39, 0.29) is 18.6 Å². The zero-order valence-electron chi connectivity index (χ0n) is 19.9. The summed E-state index contributed by atoms with van der Waals surface area (Å²) in [7, 11) is 0. The predicted octanol–water partition coefficient (Wildman–Crippen LogP) is 2.53. The van der Waals surface area contributed by atoms with Gasteiger partial charge >= 0.3 is 5.97 Å². The van der Waals surface area contributed by atoms with Gasteiger partial charge in [-0.25, -0.2) is 0 Å². The number of hydrogen-bond donors (Lipinski definition) is 2. The summed E-state index contributed by atoms with van der Waals surface area (Å²) < 4.78 is 6.34. The maximum Gasteiger partial charge on any atom is 0.310 e. The summed E-state index contributed by atoms with van der Waals surface area (Å²) in [6.07, 6.45) is 7.06. The van der Waals surface area contributed by atoms with Crippen molar-refractivity contribution in [2.45, 2.75) is 74.8 Å². The fraction of sp³-hybridized carbons (Fsp3) is 0.593. The molecule has 1 spiro atoms. The van der Waals surface area contributed by atoms with Crippen molar-refractivity contribution in [2.75, 3.05) is 13.2 Å². The molecule has 8 heteroatoms. The van der Waals surface area contributed by atoms with Crippen LogP contribution in [0.15, 0.2) is 43.0 Å². The Balaban J connectivity index is 1.61. The zero-order valence-corrected chi connectivity index (χ0v) is 19.9. The number of carbonyl (C=O) groups is 3. The number of ether oxygens (including phenoxy) is 1. The highest BCUT2D eigenvalue weighted by molar-refractivity contribution is 5.98. The summed E-state index contributed by atoms with van der Waals surface area (Å²) in [6, 6.07) is 7.40. The highest BCUT2D eigenvalue weighted by Crippen LogP contribution is 2.60. The molecule has 4 aliphatic rings. The third kappa shape index (κ3) is 3.69. The number of nitrogens with zero attached hydrogens (tertiary/aromatic N) is 2. The van der Waals surface area contributed by atoms with Crippen LogP contribution in [0.1, 0.15) is 56.6 Å². The fourth-order valence-corrected chi connectivity index (χ4v) is 7.13. The molecule has 2 unspecified atom stereocenters. The van der Waals surface area contributed by atoms with E-state index in [2.05, 4.69) is 6.58 Å². The second-order valence-corrected chi connectivity index (χ2v) is 10.3. The maximum absolute atomic E-state index is 14.4. The zero-order chi connectivity index (χ0) is 24.7. The Labute approximate surface area is 205 Å². The topological polar surface area (TPSA) is 107 Å². The molecule has 3 heterocycles. The Morgan fingerprint density at radius 1 is 1.20 bits per heavy atom. The lowest BCUT2D eigenvalue weighted by atomic mass is 9.70. The number of fused-ring (bicyclic) bond motifs is 1. The van der Waals surface area contributed by atoms with Crippen molar-refractivity contribution < 1.29 is 29.3 Å². The highest BCUT2D eigenvalue weighted by atomic mass is 16.5. The number of aliphatic hydroxyl groups excluding tert-OH is 1. The number of amides is 2. The van der Waals surface area contributed by atoms with Gasteiger partial charge in [-0.15, -0.1) is 6.58 Å². The van der Waals surface area contributed by atoms with Crippen molar-refractivity contribution in [1.29, 1.82) is 0 Å². The summed E-state index contributed by atoms with van der Waals surface area (Å²) in [6.45, 7) is 3.83. The first-order valence-electron chi connectivity index (χ1n) is 12.7. The quantitative estimate of drug-likeness (QED) is 0.552. The average molecular weight is 483 g/mol. The number of likely N-dealkylation sites (tertiary alicyclic amines) is 1. The van der Waals surface area contributed by atoms with Gasteiger partial charge in [0.2, 0.25) is 11.8 Å². The number of aliphatic hydroxyl groups is 1. The summed E-state index contributed by atoms with van der Waals surface area (Å²) in [5.74, 6) is -3.65. The number of aliphatic carboxylic acids is 1. The van der Waals surface area contributed by atoms with Crippen molar-refractivity contribution in [3.8, 4) is 0 Å². The van der Waals surface area contributed by atoms with Gasteiger partial charge < -0.3 is 24.7 Å². The van der Waals surface area contributed by atoms with Gasteiger partial charge in [-0.2, -0.15) is 0 Å². The van der Waals surface area contributed by atoms with Crippen molar-refractivity contribution in [2.24, 2.45) is 11.8 Å². The number of carboxylic acid groups (broad SMARTS) is 1. The van der Waals surface area contributed by atoms with E-state index in [0.717, 1.165) is 32.1 Å². The lowest BCUT2D eigenvalue weighted by molar-refractivity contribution is -0.154. The van der Waals surface area contributed by atoms with Gasteiger partial charge in [-0.1, -0.05) is 55.7 Å². The minimum atomic E-state index is -1.20. The average Bonchev–Trinajstić information content (AvgIpc) is 3.52. The number of carbonyl (C=O) groups excluding carboxylic acids is 2. The van der Waals surface area contributed by atoms with Crippen LogP contribution in [0.25, 0.3) is 0 Å². The van der Waals surface area contributed by atoms with Gasteiger partial charge in [0.1, 0.15) is 11.6 Å². The van der Waals surface area contributed by atoms with Crippen molar-refractivity contribution in [3.63, 3.8) is 0 Å². The molecule has 188 valence electrons. The molecule has 6 atom stereocenters. The fourth-order valence-electron chi connectivity index (χ4n) is 7.13. The molecule has 0 aromatic heterocycles. The normalized spacial score (nSPS) is 32.9. The van der Waals surface area contributed by atoms with E-state index in [1.807, 2.05) is 35.2 Å². The lowest BCUT2D eigenvalue weighted by Crippen LogP contribution is -2.59. The number of hydrogen-bond acceptors (Lipinski definition) is 5. The van der Waals surface area contributed by atoms with Crippen LogP contribution >= 0.6 is 0 Å². The van der Waals surface area contributed by atoms with Crippen LogP contribution in [0.2, 0.25) is 0 Å². The third-order valence-corrected chi connectivity index (χ3v) is 8.57. The van der Waals surface area contributed by atoms with Crippen molar-refractivity contribution in [3.05, 3.63) is 48.6 Å². The van der Waals surface area contributed by atoms with E-state index < -0.39 is 47.5 Å². The van der Waals surface area contributed by atoms with E-state index in [0.29, 0.717) is 24.9 Å². The Morgan fingerprint density at radius 3 is 2.54 bits per heavy atom. The molecule has 4 fully saturated rings. The minimum absolute atomic E-state index is 0.0415. The lowest BCUT2D eigenvalue weighted by Gasteiger charge is -2.42. The van der Waals surface area contributed by atoms with E-state index in [1.54, 1.807) is 6.08 Å². The molecule has 8 nitrogen and oxygen atoms in total. The second-order valence-electron chi connectivity index (χ2n) is 10.3. The molecule has 3 aliphatic heterocycles. The van der Waals surface area contributed by atoms with Gasteiger partial charge in [0.25, 0.3) is 0 Å². The minimum Gasteiger partial charge on any atom is -0.481 e. The Bertz CT molecular complexity index is 993. The molecule has 2 amide bonds. The summed E-state index contributed by atoms with van der Waals surface area (Å²) in [5, 5.41) is 20.5. The molecule has 1 aromatic rings. The molecule has 1 aliphatic carbocycles. The maximum atomic E-state index is 14.4. The molecule has 3 saturated heterocycles. The molecule has 5 rings (SSSR count). The first kappa shape index (κ1) is 24.0. The van der Waals surface area contributed by atoms with Crippen LogP contribution in [0.4, 0.5) is 0 Å². The van der Waals surface area contributed by atoms with E-state index in [1.165, 1.54) is 4.90 Å². The van der Waals surface area contributed by atoms with E-state index in [4.69, 9.17) is 4.74 Å². The first-order chi connectivity index (χ1) is 16.9. The Kier molecular flexibility index (Phi) is 6.44. The largest absolute Gasteiger partial charge is 0.481 e. The van der Waals surface area contributed by atoms with Crippen LogP contribution in [0, 0.1) is 11.8 Å². The van der Waals surface area contributed by atoms with Crippen molar-refractivity contribution >= 4 is 17.8 Å². The molecule has 2 N–H and O–H groups in total. The molecule has 1 aromatic carbocycles. The number of carboxylic acids is 1. The smallest absolute Gasteiger partial charge is 0.310 e. The SMILES string of the molecule is C=CCN(C(=O)C1N([C@H](CO)c2ccccc2)C(=O)[C@@H]2[C@@H](C(=O)O)[C@H]3CCC12O3)C1CCCCC1. The molecular formula is C27H34N2O6. The van der Waals surface area contributed by atoms with Gasteiger partial charge in [0, 0.05) is 12.6 Å². The standard InChI is InChI=1S/C27H34N2O6/c1-2-15-28(18-11-7-4-8-12-18)25(32)23-27-14-13-20(35-27)21(26(33)34)22(27)24(31)29(23)19(16-30)17-9-5-3-6-10-17/h2-3,5-6,9-10,18-23,30H,1,4,7-8,11-16H2,(H,33,34)/t19-,20-,21+,22+,23?,27?/m1/s1. The Hall–Kier alpha value is -2.71. The number of benzene rings is 1. The van der Waals surface area contributed by atoms with E-state index >= 15 is 0 Å². The molecular weight excluding hydrogens is 448 g/mol. The molecule has 0 radical (unpaired) electrons. The van der Waals surface area contributed by atoms with Gasteiger partial charge in [0.05, 0.1) is 30.6 Å². The van der Waals surface area contributed by atoms with Gasteiger partial charge in [-0.3, -0.25) is 14.4 Å². The van der Waals surface area contributed by atoms with Crippen LogP contribution < -0.4 is 0 Å². The third-order valence-electron chi connectivity index (χ3n) is 8.57. The molecule has 1 saturated carbocycles. The monoisotopic (exact) mass is 482 g/mol. The van der Waals surface area contributed by atoms with E-state index in [9.17, 15) is 24.6 Å².